The minimum atomic E-state index is -5.18. The largest absolute Gasteiger partial charge is 0.503 e. The quantitative estimate of drug-likeness (QED) is 0.0359. The number of carbonyl (C=O) groups excluding carboxylic acids is 4. The zero-order valence-corrected chi connectivity index (χ0v) is 24.1. The molecule has 3 heterocycles. The smallest absolute Gasteiger partial charge is 0.362 e. The number of nitrogens with two attached hydrogens (primary N) is 1. The Labute approximate surface area is 249 Å². The molecule has 23 heteroatoms. The van der Waals surface area contributed by atoms with Crippen molar-refractivity contribution in [2.24, 2.45) is 5.16 Å². The van der Waals surface area contributed by atoms with E-state index < -0.39 is 93.3 Å². The Kier molecular flexibility index (Phi) is 9.45. The number of amides is 4. The van der Waals surface area contributed by atoms with Crippen LogP contribution < -0.4 is 27.1 Å². The van der Waals surface area contributed by atoms with Gasteiger partial charge < -0.3 is 41.9 Å². The van der Waals surface area contributed by atoms with Crippen molar-refractivity contribution in [3.8, 4) is 5.75 Å². The fraction of sp³-hybridized carbons (Fsp3) is 0.333. The third-order valence-corrected chi connectivity index (χ3v) is 7.35. The van der Waals surface area contributed by atoms with E-state index >= 15 is 0 Å². The number of β-lactam (4-membered cyclic amide) rings is 1. The molecule has 44 heavy (non-hydrogen) atoms. The van der Waals surface area contributed by atoms with Gasteiger partial charge in [-0.15, -0.1) is 11.3 Å². The highest BCUT2D eigenvalue weighted by molar-refractivity contribution is 7.84. The summed E-state index contributed by atoms with van der Waals surface area (Å²) >= 11 is 0.879. The Hall–Kier alpha value is -5.29. The number of carboxylic acids is 1. The minimum Gasteiger partial charge on any atom is -0.503 e. The van der Waals surface area contributed by atoms with E-state index in [9.17, 15) is 57.2 Å². The number of anilines is 1. The summed E-state index contributed by atoms with van der Waals surface area (Å²) < 4.78 is 33.2. The van der Waals surface area contributed by atoms with Gasteiger partial charge in [-0.25, -0.2) is 14.1 Å². The lowest BCUT2D eigenvalue weighted by atomic mass is 9.98. The van der Waals surface area contributed by atoms with E-state index in [4.69, 9.17) is 10.6 Å². The van der Waals surface area contributed by atoms with E-state index in [0.29, 0.717) is 12.3 Å². The Bertz CT molecular complexity index is 1720. The maximum absolute atomic E-state index is 13.1. The Balaban J connectivity index is 1.73. The summed E-state index contributed by atoms with van der Waals surface area (Å²) in [6, 6.07) is -2.70. The summed E-state index contributed by atoms with van der Waals surface area (Å²) in [5.74, 6) is -6.91. The van der Waals surface area contributed by atoms with Crippen LogP contribution in [0.2, 0.25) is 0 Å². The molecule has 1 aliphatic heterocycles. The summed E-state index contributed by atoms with van der Waals surface area (Å²) in [5, 5.41) is 39.4. The Morgan fingerprint density at radius 2 is 1.89 bits per heavy atom. The molecule has 2 aromatic rings. The Morgan fingerprint density at radius 1 is 1.23 bits per heavy atom. The van der Waals surface area contributed by atoms with Gasteiger partial charge in [0.05, 0.1) is 18.8 Å². The number of nitrogen functional groups attached to an aromatic ring is 1. The van der Waals surface area contributed by atoms with Gasteiger partial charge in [0.2, 0.25) is 16.9 Å². The second-order valence-corrected chi connectivity index (χ2v) is 11.5. The molecule has 1 fully saturated rings. The monoisotopic (exact) mass is 660 g/mol. The fourth-order valence-electron chi connectivity index (χ4n) is 3.39. The van der Waals surface area contributed by atoms with Crippen molar-refractivity contribution in [2.45, 2.75) is 31.5 Å². The average molecular weight is 661 g/mol. The van der Waals surface area contributed by atoms with Crippen molar-refractivity contribution in [3.05, 3.63) is 39.3 Å². The topological polar surface area (TPSA) is 322 Å². The van der Waals surface area contributed by atoms with Crippen LogP contribution in [0.15, 0.2) is 27.6 Å². The highest BCUT2D eigenvalue weighted by atomic mass is 32.2. The molecule has 0 aliphatic carbocycles. The van der Waals surface area contributed by atoms with Gasteiger partial charge in [-0.1, -0.05) is 5.16 Å². The molecule has 2 aromatic heterocycles. The molecular formula is C21H24N8O13S2. The average Bonchev–Trinajstić information content (AvgIpc) is 3.34. The van der Waals surface area contributed by atoms with Crippen LogP contribution in [0, 0.1) is 0 Å². The highest BCUT2D eigenvalue weighted by Gasteiger charge is 2.54. The number of thiazole rings is 1. The van der Waals surface area contributed by atoms with Crippen molar-refractivity contribution >= 4 is 62.1 Å². The number of aliphatic carboxylic acids is 1. The van der Waals surface area contributed by atoms with Crippen molar-refractivity contribution in [1.82, 2.24) is 30.0 Å². The molecule has 0 aromatic carbocycles. The number of oxime groups is 1. The molecule has 1 saturated heterocycles. The molecule has 238 valence electrons. The number of hydrogen-bond donors (Lipinski definition) is 8. The molecule has 0 spiro atoms. The lowest BCUT2D eigenvalue weighted by molar-refractivity contribution is -0.161. The summed E-state index contributed by atoms with van der Waals surface area (Å²) in [5.41, 5.74) is 1.20. The molecule has 0 bridgehead atoms. The molecule has 9 N–H and O–H groups in total. The molecule has 2 atom stereocenters. The second kappa shape index (κ2) is 12.5. The Morgan fingerprint density at radius 3 is 2.45 bits per heavy atom. The maximum Gasteiger partial charge on any atom is 0.362 e. The van der Waals surface area contributed by atoms with E-state index in [1.54, 1.807) is 0 Å². The van der Waals surface area contributed by atoms with Crippen LogP contribution in [0.5, 0.6) is 5.75 Å². The fourth-order valence-corrected chi connectivity index (χ4v) is 4.81. The number of aromatic hydroxyl groups is 1. The van der Waals surface area contributed by atoms with Gasteiger partial charge in [-0.2, -0.15) is 13.1 Å². The summed E-state index contributed by atoms with van der Waals surface area (Å²) in [6.07, 6.45) is 0.544. The van der Waals surface area contributed by atoms with E-state index in [0.717, 1.165) is 25.2 Å². The summed E-state index contributed by atoms with van der Waals surface area (Å²) in [7, 11) is -5.18. The molecule has 0 radical (unpaired) electrons. The minimum absolute atomic E-state index is 0.0179. The first-order chi connectivity index (χ1) is 20.3. The van der Waals surface area contributed by atoms with Crippen molar-refractivity contribution in [2.75, 3.05) is 18.8 Å². The van der Waals surface area contributed by atoms with Crippen LogP contribution in [0.25, 0.3) is 0 Å². The number of aromatic nitrogens is 2. The van der Waals surface area contributed by atoms with Crippen molar-refractivity contribution in [1.29, 1.82) is 0 Å². The first kappa shape index (κ1) is 33.2. The molecule has 4 amide bonds. The maximum atomic E-state index is 13.1. The predicted octanol–water partition coefficient (Wildman–Crippen LogP) is -3.54. The third kappa shape index (κ3) is 7.37. The lowest BCUT2D eigenvalue weighted by Crippen LogP contribution is -2.74. The van der Waals surface area contributed by atoms with Gasteiger partial charge in [0.25, 0.3) is 17.7 Å². The van der Waals surface area contributed by atoms with E-state index in [2.05, 4.69) is 26.1 Å². The first-order valence-corrected chi connectivity index (χ1v) is 14.1. The summed E-state index contributed by atoms with van der Waals surface area (Å²) in [4.78, 5) is 81.9. The number of pyridine rings is 1. The second-order valence-electron chi connectivity index (χ2n) is 9.29. The van der Waals surface area contributed by atoms with E-state index in [1.807, 2.05) is 0 Å². The van der Waals surface area contributed by atoms with Crippen LogP contribution in [-0.2, 0) is 34.3 Å². The van der Waals surface area contributed by atoms with Gasteiger partial charge in [-0.05, 0) is 13.8 Å². The normalized spacial score (nSPS) is 16.9. The number of rotatable bonds is 12. The zero-order chi connectivity index (χ0) is 33.1. The van der Waals surface area contributed by atoms with Crippen molar-refractivity contribution < 1.29 is 57.2 Å². The first-order valence-electron chi connectivity index (χ1n) is 11.9. The van der Waals surface area contributed by atoms with Crippen LogP contribution in [0.1, 0.15) is 30.0 Å². The van der Waals surface area contributed by atoms with Gasteiger partial charge >= 0.3 is 16.3 Å². The molecular weight excluding hydrogens is 636 g/mol. The van der Waals surface area contributed by atoms with Gasteiger partial charge in [0, 0.05) is 18.0 Å². The lowest BCUT2D eigenvalue weighted by Gasteiger charge is -2.44. The SMILES string of the molecule is CC(C)(ON=C(C(=O)N[C@@H]1C(=O)N(S(=O)(=O)O)[C@@H]1CNC(=O)CNC(=O)c1cc(=O)c(O)cn1O)c1csc(N)n1)C(=O)O. The summed E-state index contributed by atoms with van der Waals surface area (Å²) in [6.45, 7) is 0.749. The number of hydrogen-bond acceptors (Lipinski definition) is 15. The van der Waals surface area contributed by atoms with E-state index in [-0.39, 0.29) is 19.9 Å². The predicted molar refractivity (Wildman–Crippen MR) is 145 cm³/mol. The molecule has 3 rings (SSSR count). The van der Waals surface area contributed by atoms with Crippen molar-refractivity contribution in [3.63, 3.8) is 0 Å². The number of carboxylic acid groups (broad SMARTS) is 1. The zero-order valence-electron chi connectivity index (χ0n) is 22.4. The van der Waals surface area contributed by atoms with Crippen LogP contribution >= 0.6 is 11.3 Å². The highest BCUT2D eigenvalue weighted by Crippen LogP contribution is 2.24. The molecule has 0 unspecified atom stereocenters. The van der Waals surface area contributed by atoms with Crippen LogP contribution in [-0.4, -0.2) is 108 Å². The van der Waals surface area contributed by atoms with Crippen LogP contribution in [0.3, 0.4) is 0 Å². The number of nitrogens with zero attached hydrogens (tertiary/aromatic N) is 4. The van der Waals surface area contributed by atoms with Crippen LogP contribution in [0.4, 0.5) is 5.13 Å². The number of carbonyl (C=O) groups is 5. The number of nitrogens with one attached hydrogen (secondary N) is 3. The van der Waals surface area contributed by atoms with E-state index in [1.165, 1.54) is 5.38 Å². The van der Waals surface area contributed by atoms with Gasteiger partial charge in [-0.3, -0.25) is 28.5 Å². The van der Waals surface area contributed by atoms with Gasteiger partial charge in [0.1, 0.15) is 17.4 Å². The van der Waals surface area contributed by atoms with Gasteiger partial charge in [0.15, 0.2) is 16.6 Å². The third-order valence-electron chi connectivity index (χ3n) is 5.73. The molecule has 1 aliphatic rings. The molecule has 21 nitrogen and oxygen atoms in total. The standard InChI is InChI=1S/C21H24N8O13S2/c1-21(2,19(36)37)42-27-14(8-7-43-20(22)25-8)17(34)26-15-10(29(18(15)35)44(39,40)41)4-23-13(32)5-24-16(33)9-3-11(30)12(31)6-28(9)38/h3,6-7,10,15,31,38H,4-5H2,1-2H3,(H2,22,25)(H,23,32)(H,24,33)(H,26,34)(H,36,37)(H,39,40,41)/t10-,15+/m1/s1. The molecule has 0 saturated carbocycles.